The summed E-state index contributed by atoms with van der Waals surface area (Å²) >= 11 is 0. The van der Waals surface area contributed by atoms with Crippen LogP contribution in [0.15, 0.2) is 18.3 Å². The number of nitrogen functional groups attached to an aromatic ring is 1. The Kier molecular flexibility index (Phi) is 4.52. The Morgan fingerprint density at radius 3 is 2.87 bits per heavy atom. The van der Waals surface area contributed by atoms with Crippen molar-refractivity contribution >= 4 is 5.82 Å². The molecule has 0 spiro atoms. The van der Waals surface area contributed by atoms with Gasteiger partial charge < -0.3 is 10.3 Å². The Hall–Kier alpha value is -1.13. The van der Waals surface area contributed by atoms with Gasteiger partial charge in [0.1, 0.15) is 5.82 Å². The molecule has 0 saturated heterocycles. The summed E-state index contributed by atoms with van der Waals surface area (Å²) in [4.78, 5) is 6.43. The molecule has 84 valence electrons. The first-order chi connectivity index (χ1) is 7.13. The monoisotopic (exact) mass is 208 g/mol. The van der Waals surface area contributed by atoms with Crippen molar-refractivity contribution in [2.24, 2.45) is 11.8 Å². The molecule has 0 radical (unpaired) electrons. The standard InChI is InChI=1S/C11H20N4/c1-9(2)7-15(3)8-10-5-4-6-13-11(10)14-12/h4-6,9H,7-8,12H2,1-3H3,(H,13,14). The summed E-state index contributed by atoms with van der Waals surface area (Å²) in [5.41, 5.74) is 3.74. The predicted octanol–water partition coefficient (Wildman–Crippen LogP) is 1.45. The van der Waals surface area contributed by atoms with Gasteiger partial charge in [0, 0.05) is 24.8 Å². The van der Waals surface area contributed by atoms with Crippen molar-refractivity contribution in [1.29, 1.82) is 0 Å². The largest absolute Gasteiger partial charge is 0.308 e. The van der Waals surface area contributed by atoms with E-state index in [4.69, 9.17) is 5.84 Å². The maximum absolute atomic E-state index is 5.40. The summed E-state index contributed by atoms with van der Waals surface area (Å²) in [5.74, 6) is 6.82. The van der Waals surface area contributed by atoms with Crippen LogP contribution < -0.4 is 11.3 Å². The van der Waals surface area contributed by atoms with E-state index in [0.29, 0.717) is 5.92 Å². The number of aromatic nitrogens is 1. The Balaban J connectivity index is 2.63. The van der Waals surface area contributed by atoms with Crippen LogP contribution in [0.25, 0.3) is 0 Å². The van der Waals surface area contributed by atoms with Crippen LogP contribution in [0, 0.1) is 5.92 Å². The van der Waals surface area contributed by atoms with Gasteiger partial charge in [0.2, 0.25) is 0 Å². The van der Waals surface area contributed by atoms with Crippen molar-refractivity contribution in [1.82, 2.24) is 9.88 Å². The smallest absolute Gasteiger partial charge is 0.144 e. The zero-order valence-electron chi connectivity index (χ0n) is 9.70. The molecule has 0 aliphatic carbocycles. The van der Waals surface area contributed by atoms with E-state index < -0.39 is 0 Å². The molecule has 1 rings (SSSR count). The Bertz CT molecular complexity index is 298. The van der Waals surface area contributed by atoms with Gasteiger partial charge in [-0.25, -0.2) is 10.8 Å². The van der Waals surface area contributed by atoms with E-state index in [1.807, 2.05) is 12.1 Å². The second kappa shape index (κ2) is 5.68. The SMILES string of the molecule is CC(C)CN(C)Cc1cccnc1NN. The molecule has 0 aromatic carbocycles. The minimum Gasteiger partial charge on any atom is -0.308 e. The van der Waals surface area contributed by atoms with Crippen LogP contribution in [0.3, 0.4) is 0 Å². The van der Waals surface area contributed by atoms with Crippen LogP contribution in [-0.2, 0) is 6.54 Å². The predicted molar refractivity (Wildman–Crippen MR) is 63.2 cm³/mol. The molecule has 0 bridgehead atoms. The minimum absolute atomic E-state index is 0.668. The van der Waals surface area contributed by atoms with Crippen molar-refractivity contribution in [3.8, 4) is 0 Å². The molecule has 3 N–H and O–H groups in total. The van der Waals surface area contributed by atoms with Crippen molar-refractivity contribution in [2.45, 2.75) is 20.4 Å². The Morgan fingerprint density at radius 1 is 1.53 bits per heavy atom. The van der Waals surface area contributed by atoms with Gasteiger partial charge in [-0.05, 0) is 19.0 Å². The molecule has 0 fully saturated rings. The van der Waals surface area contributed by atoms with E-state index in [0.717, 1.165) is 24.5 Å². The lowest BCUT2D eigenvalue weighted by molar-refractivity contribution is 0.288. The number of hydrogen-bond acceptors (Lipinski definition) is 4. The highest BCUT2D eigenvalue weighted by Gasteiger charge is 2.06. The van der Waals surface area contributed by atoms with E-state index in [-0.39, 0.29) is 0 Å². The first-order valence-electron chi connectivity index (χ1n) is 5.22. The zero-order valence-corrected chi connectivity index (χ0v) is 9.70. The number of pyridine rings is 1. The Labute approximate surface area is 91.5 Å². The zero-order chi connectivity index (χ0) is 11.3. The molecule has 15 heavy (non-hydrogen) atoms. The molecular weight excluding hydrogens is 188 g/mol. The van der Waals surface area contributed by atoms with Gasteiger partial charge in [-0.15, -0.1) is 0 Å². The summed E-state index contributed by atoms with van der Waals surface area (Å²) in [6, 6.07) is 3.97. The minimum atomic E-state index is 0.668. The number of hydrazine groups is 1. The number of hydrogen-bond donors (Lipinski definition) is 2. The summed E-state index contributed by atoms with van der Waals surface area (Å²) in [5, 5.41) is 0. The van der Waals surface area contributed by atoms with Crippen molar-refractivity contribution in [3.05, 3.63) is 23.9 Å². The molecule has 1 heterocycles. The van der Waals surface area contributed by atoms with Crippen molar-refractivity contribution in [2.75, 3.05) is 19.0 Å². The molecule has 1 aromatic heterocycles. The molecule has 0 saturated carbocycles. The van der Waals surface area contributed by atoms with Gasteiger partial charge in [0.25, 0.3) is 0 Å². The number of nitrogens with one attached hydrogen (secondary N) is 1. The average Bonchev–Trinajstić information content (AvgIpc) is 2.17. The average molecular weight is 208 g/mol. The van der Waals surface area contributed by atoms with Gasteiger partial charge >= 0.3 is 0 Å². The second-order valence-electron chi connectivity index (χ2n) is 4.25. The fraction of sp³-hybridized carbons (Fsp3) is 0.545. The lowest BCUT2D eigenvalue weighted by atomic mass is 10.2. The molecule has 0 aliphatic heterocycles. The van der Waals surface area contributed by atoms with Crippen LogP contribution in [0.5, 0.6) is 0 Å². The highest BCUT2D eigenvalue weighted by molar-refractivity contribution is 5.42. The highest BCUT2D eigenvalue weighted by Crippen LogP contribution is 2.12. The Morgan fingerprint density at radius 2 is 2.27 bits per heavy atom. The van der Waals surface area contributed by atoms with E-state index in [1.54, 1.807) is 6.20 Å². The van der Waals surface area contributed by atoms with Gasteiger partial charge in [-0.1, -0.05) is 19.9 Å². The summed E-state index contributed by atoms with van der Waals surface area (Å²) in [6.45, 7) is 6.36. The fourth-order valence-electron chi connectivity index (χ4n) is 1.67. The number of rotatable bonds is 5. The lowest BCUT2D eigenvalue weighted by Crippen LogP contribution is -2.24. The van der Waals surface area contributed by atoms with Crippen LogP contribution >= 0.6 is 0 Å². The maximum Gasteiger partial charge on any atom is 0.144 e. The highest BCUT2D eigenvalue weighted by atomic mass is 15.3. The number of anilines is 1. The van der Waals surface area contributed by atoms with Crippen LogP contribution in [0.1, 0.15) is 19.4 Å². The fourth-order valence-corrected chi connectivity index (χ4v) is 1.67. The van der Waals surface area contributed by atoms with Gasteiger partial charge in [0.15, 0.2) is 0 Å². The second-order valence-corrected chi connectivity index (χ2v) is 4.25. The lowest BCUT2D eigenvalue weighted by Gasteiger charge is -2.19. The third kappa shape index (κ3) is 3.85. The molecule has 0 atom stereocenters. The number of nitrogens with two attached hydrogens (primary N) is 1. The first kappa shape index (κ1) is 11.9. The molecule has 4 nitrogen and oxygen atoms in total. The van der Waals surface area contributed by atoms with E-state index in [2.05, 4.69) is 36.2 Å². The molecule has 1 aromatic rings. The molecule has 0 unspecified atom stereocenters. The van der Waals surface area contributed by atoms with Crippen LogP contribution in [-0.4, -0.2) is 23.5 Å². The van der Waals surface area contributed by atoms with Gasteiger partial charge in [-0.2, -0.15) is 0 Å². The van der Waals surface area contributed by atoms with Crippen LogP contribution in [0.4, 0.5) is 5.82 Å². The van der Waals surface area contributed by atoms with Crippen molar-refractivity contribution in [3.63, 3.8) is 0 Å². The summed E-state index contributed by atoms with van der Waals surface area (Å²) in [7, 11) is 2.10. The van der Waals surface area contributed by atoms with Crippen LogP contribution in [0.2, 0.25) is 0 Å². The molecule has 0 aliphatic rings. The third-order valence-corrected chi connectivity index (χ3v) is 2.15. The van der Waals surface area contributed by atoms with Gasteiger partial charge in [0.05, 0.1) is 0 Å². The molecular formula is C11H20N4. The third-order valence-electron chi connectivity index (χ3n) is 2.15. The van der Waals surface area contributed by atoms with E-state index >= 15 is 0 Å². The molecule has 0 amide bonds. The quantitative estimate of drug-likeness (QED) is 0.568. The topological polar surface area (TPSA) is 54.2 Å². The van der Waals surface area contributed by atoms with Crippen molar-refractivity contribution < 1.29 is 0 Å². The maximum atomic E-state index is 5.40. The first-order valence-corrected chi connectivity index (χ1v) is 5.22. The number of nitrogens with zero attached hydrogens (tertiary/aromatic N) is 2. The van der Waals surface area contributed by atoms with Gasteiger partial charge in [-0.3, -0.25) is 0 Å². The molecule has 4 heteroatoms. The van der Waals surface area contributed by atoms with E-state index in [9.17, 15) is 0 Å². The normalized spacial score (nSPS) is 11.1. The summed E-state index contributed by atoms with van der Waals surface area (Å²) < 4.78 is 0. The summed E-state index contributed by atoms with van der Waals surface area (Å²) in [6.07, 6.45) is 1.74. The van der Waals surface area contributed by atoms with E-state index in [1.165, 1.54) is 0 Å².